The van der Waals surface area contributed by atoms with Crippen LogP contribution >= 0.6 is 11.6 Å². The molecule has 0 bridgehead atoms. The van der Waals surface area contributed by atoms with Crippen LogP contribution in [0, 0.1) is 5.92 Å². The van der Waals surface area contributed by atoms with Gasteiger partial charge in [0.25, 0.3) is 0 Å². The van der Waals surface area contributed by atoms with Crippen LogP contribution < -0.4 is 10.6 Å². The Morgan fingerprint density at radius 2 is 2.22 bits per heavy atom. The van der Waals surface area contributed by atoms with Gasteiger partial charge in [0.1, 0.15) is 5.82 Å². The van der Waals surface area contributed by atoms with E-state index in [1.54, 1.807) is 6.07 Å². The van der Waals surface area contributed by atoms with Gasteiger partial charge in [-0.05, 0) is 18.6 Å². The highest BCUT2D eigenvalue weighted by Crippen LogP contribution is 2.24. The molecule has 0 saturated carbocycles. The third-order valence-corrected chi connectivity index (χ3v) is 3.25. The lowest BCUT2D eigenvalue weighted by atomic mass is 10.1. The highest BCUT2D eigenvalue weighted by atomic mass is 35.5. The number of carboxylic acids is 1. The van der Waals surface area contributed by atoms with E-state index in [0.29, 0.717) is 25.3 Å². The van der Waals surface area contributed by atoms with Gasteiger partial charge in [-0.1, -0.05) is 11.6 Å². The smallest absolute Gasteiger partial charge is 0.356 e. The van der Waals surface area contributed by atoms with E-state index in [4.69, 9.17) is 22.4 Å². The van der Waals surface area contributed by atoms with E-state index in [0.717, 1.165) is 0 Å². The lowest BCUT2D eigenvalue weighted by Gasteiger charge is -2.17. The molecule has 2 heterocycles. The minimum atomic E-state index is -1.17. The average molecular weight is 270 g/mol. The molecule has 0 aromatic carbocycles. The summed E-state index contributed by atoms with van der Waals surface area (Å²) >= 11 is 5.74. The molecule has 1 unspecified atom stereocenters. The van der Waals surface area contributed by atoms with E-state index < -0.39 is 5.97 Å². The number of aromatic nitrogens is 1. The average Bonchev–Trinajstić information content (AvgIpc) is 2.78. The van der Waals surface area contributed by atoms with E-state index in [9.17, 15) is 9.59 Å². The molecule has 1 saturated heterocycles. The second-order valence-corrected chi connectivity index (χ2v) is 4.55. The number of rotatable bonds is 3. The molecule has 1 amide bonds. The highest BCUT2D eigenvalue weighted by molar-refractivity contribution is 6.33. The third-order valence-electron chi connectivity index (χ3n) is 2.95. The van der Waals surface area contributed by atoms with E-state index in [1.807, 2.05) is 4.90 Å². The van der Waals surface area contributed by atoms with Crippen LogP contribution in [-0.4, -0.2) is 35.1 Å². The Balaban J connectivity index is 2.22. The molecule has 1 fully saturated rings. The van der Waals surface area contributed by atoms with Crippen LogP contribution in [0.2, 0.25) is 5.02 Å². The number of aromatic carboxylic acids is 1. The molecule has 3 N–H and O–H groups in total. The number of carbonyl (C=O) groups excluding carboxylic acids is 1. The van der Waals surface area contributed by atoms with Gasteiger partial charge >= 0.3 is 5.97 Å². The van der Waals surface area contributed by atoms with Gasteiger partial charge in [-0.2, -0.15) is 0 Å². The van der Waals surface area contributed by atoms with Crippen molar-refractivity contribution in [2.75, 3.05) is 18.0 Å². The van der Waals surface area contributed by atoms with Crippen molar-refractivity contribution in [3.63, 3.8) is 0 Å². The summed E-state index contributed by atoms with van der Waals surface area (Å²) in [5.74, 6) is -1.23. The molecule has 0 radical (unpaired) electrons. The molecule has 18 heavy (non-hydrogen) atoms. The third kappa shape index (κ3) is 2.38. The summed E-state index contributed by atoms with van der Waals surface area (Å²) in [7, 11) is 0. The molecule has 1 aromatic heterocycles. The fourth-order valence-corrected chi connectivity index (χ4v) is 2.14. The van der Waals surface area contributed by atoms with Crippen molar-refractivity contribution in [1.29, 1.82) is 0 Å². The zero-order valence-electron chi connectivity index (χ0n) is 9.47. The van der Waals surface area contributed by atoms with Gasteiger partial charge in [-0.15, -0.1) is 0 Å². The lowest BCUT2D eigenvalue weighted by molar-refractivity contribution is -0.121. The first-order valence-electron chi connectivity index (χ1n) is 5.43. The van der Waals surface area contributed by atoms with Crippen molar-refractivity contribution in [3.05, 3.63) is 22.8 Å². The summed E-state index contributed by atoms with van der Waals surface area (Å²) in [4.78, 5) is 27.8. The fraction of sp³-hybridized carbons (Fsp3) is 0.364. The largest absolute Gasteiger partial charge is 0.476 e. The number of primary amides is 1. The number of amides is 1. The molecule has 0 spiro atoms. The minimum Gasteiger partial charge on any atom is -0.476 e. The monoisotopic (exact) mass is 269 g/mol. The van der Waals surface area contributed by atoms with Crippen molar-refractivity contribution in [1.82, 2.24) is 4.98 Å². The SMILES string of the molecule is NC(=O)C1CCN(c2ccc(Cl)c(C(=O)O)n2)C1. The molecular weight excluding hydrogens is 258 g/mol. The lowest BCUT2D eigenvalue weighted by Crippen LogP contribution is -2.27. The first-order chi connectivity index (χ1) is 8.49. The second-order valence-electron chi connectivity index (χ2n) is 4.14. The molecule has 0 aliphatic carbocycles. The summed E-state index contributed by atoms with van der Waals surface area (Å²) in [5.41, 5.74) is 5.06. The van der Waals surface area contributed by atoms with Crippen LogP contribution in [0.1, 0.15) is 16.9 Å². The topological polar surface area (TPSA) is 96.5 Å². The molecule has 1 aliphatic heterocycles. The summed E-state index contributed by atoms with van der Waals surface area (Å²) in [6.07, 6.45) is 0.655. The first-order valence-corrected chi connectivity index (χ1v) is 5.81. The van der Waals surface area contributed by atoms with Crippen LogP contribution in [0.4, 0.5) is 5.82 Å². The van der Waals surface area contributed by atoms with Gasteiger partial charge in [0.05, 0.1) is 10.9 Å². The number of halogens is 1. The highest BCUT2D eigenvalue weighted by Gasteiger charge is 2.28. The number of nitrogens with two attached hydrogens (primary N) is 1. The Bertz CT molecular complexity index is 506. The molecule has 1 aromatic rings. The van der Waals surface area contributed by atoms with E-state index in [-0.39, 0.29) is 22.5 Å². The van der Waals surface area contributed by atoms with Crippen molar-refractivity contribution in [3.8, 4) is 0 Å². The summed E-state index contributed by atoms with van der Waals surface area (Å²) < 4.78 is 0. The molecule has 7 heteroatoms. The Morgan fingerprint density at radius 1 is 1.50 bits per heavy atom. The number of hydrogen-bond acceptors (Lipinski definition) is 4. The van der Waals surface area contributed by atoms with Crippen LogP contribution in [0.15, 0.2) is 12.1 Å². The maximum Gasteiger partial charge on any atom is 0.356 e. The number of carbonyl (C=O) groups is 2. The predicted octanol–water partition coefficient (Wildman–Crippen LogP) is 0.745. The fourth-order valence-electron chi connectivity index (χ4n) is 1.96. The standard InChI is InChI=1S/C11H12ClN3O3/c12-7-1-2-8(14-9(7)11(17)18)15-4-3-6(5-15)10(13)16/h1-2,6H,3-5H2,(H2,13,16)(H,17,18). The quantitative estimate of drug-likeness (QED) is 0.844. The van der Waals surface area contributed by atoms with E-state index in [1.165, 1.54) is 6.07 Å². The number of nitrogens with zero attached hydrogens (tertiary/aromatic N) is 2. The number of pyridine rings is 1. The van der Waals surface area contributed by atoms with Gasteiger partial charge in [-0.25, -0.2) is 9.78 Å². The Labute approximate surface area is 108 Å². The normalized spacial score (nSPS) is 18.9. The molecular formula is C11H12ClN3O3. The van der Waals surface area contributed by atoms with E-state index in [2.05, 4.69) is 4.98 Å². The predicted molar refractivity (Wildman–Crippen MR) is 65.7 cm³/mol. The van der Waals surface area contributed by atoms with Crippen LogP contribution in [0.3, 0.4) is 0 Å². The summed E-state index contributed by atoms with van der Waals surface area (Å²) in [5, 5.41) is 9.03. The maximum absolute atomic E-state index is 11.1. The van der Waals surface area contributed by atoms with Gasteiger partial charge in [0, 0.05) is 13.1 Å². The van der Waals surface area contributed by atoms with Gasteiger partial charge in [0.15, 0.2) is 5.69 Å². The first kappa shape index (κ1) is 12.6. The maximum atomic E-state index is 11.1. The van der Waals surface area contributed by atoms with Crippen LogP contribution in [0.25, 0.3) is 0 Å². The molecule has 96 valence electrons. The van der Waals surface area contributed by atoms with Gasteiger partial charge < -0.3 is 15.7 Å². The van der Waals surface area contributed by atoms with E-state index >= 15 is 0 Å². The molecule has 1 atom stereocenters. The summed E-state index contributed by atoms with van der Waals surface area (Å²) in [6.45, 7) is 1.09. The Hall–Kier alpha value is -1.82. The van der Waals surface area contributed by atoms with Crippen molar-refractivity contribution < 1.29 is 14.7 Å². The minimum absolute atomic E-state index is 0.0944. The zero-order chi connectivity index (χ0) is 13.3. The van der Waals surface area contributed by atoms with Crippen molar-refractivity contribution in [2.24, 2.45) is 11.7 Å². The molecule has 6 nitrogen and oxygen atoms in total. The van der Waals surface area contributed by atoms with Crippen molar-refractivity contribution >= 4 is 29.3 Å². The van der Waals surface area contributed by atoms with Gasteiger partial charge in [-0.3, -0.25) is 4.79 Å². The molecule has 2 rings (SSSR count). The Kier molecular flexibility index (Phi) is 3.38. The van der Waals surface area contributed by atoms with Crippen LogP contribution in [-0.2, 0) is 4.79 Å². The second kappa shape index (κ2) is 4.81. The number of hydrogen-bond donors (Lipinski definition) is 2. The van der Waals surface area contributed by atoms with Crippen molar-refractivity contribution in [2.45, 2.75) is 6.42 Å². The zero-order valence-corrected chi connectivity index (χ0v) is 10.2. The number of carboxylic acid groups (broad SMARTS) is 1. The van der Waals surface area contributed by atoms with Crippen LogP contribution in [0.5, 0.6) is 0 Å². The Morgan fingerprint density at radius 3 is 2.78 bits per heavy atom. The summed E-state index contributed by atoms with van der Waals surface area (Å²) in [6, 6.07) is 3.13. The molecule has 1 aliphatic rings. The van der Waals surface area contributed by atoms with Gasteiger partial charge in [0.2, 0.25) is 5.91 Å². The number of anilines is 1.